The number of fused-ring (bicyclic) bond motifs is 1. The Bertz CT molecular complexity index is 407. The molecule has 1 aliphatic rings. The minimum atomic E-state index is -0.187. The van der Waals surface area contributed by atoms with Gasteiger partial charge in [0.1, 0.15) is 17.7 Å². The second kappa shape index (κ2) is 5.48. The second-order valence-electron chi connectivity index (χ2n) is 5.24. The molecule has 2 rings (SSSR count). The van der Waals surface area contributed by atoms with Gasteiger partial charge in [0.05, 0.1) is 0 Å². The van der Waals surface area contributed by atoms with Crippen molar-refractivity contribution in [1.82, 2.24) is 0 Å². The average Bonchev–Trinajstić information content (AvgIpc) is 2.77. The molecule has 0 bridgehead atoms. The predicted molar refractivity (Wildman–Crippen MR) is 72.9 cm³/mol. The molecule has 18 heavy (non-hydrogen) atoms. The zero-order valence-corrected chi connectivity index (χ0v) is 11.8. The molecule has 1 nitrogen and oxygen atoms in total. The maximum atomic E-state index is 13.1. The molecule has 1 aromatic carbocycles. The first-order valence-corrected chi connectivity index (χ1v) is 7.17. The summed E-state index contributed by atoms with van der Waals surface area (Å²) in [5.41, 5.74) is 1.13. The summed E-state index contributed by atoms with van der Waals surface area (Å²) in [4.78, 5) is 0. The van der Waals surface area contributed by atoms with E-state index in [9.17, 15) is 4.39 Å². The minimum Gasteiger partial charge on any atom is -0.490 e. The zero-order chi connectivity index (χ0) is 13.2. The lowest BCUT2D eigenvalue weighted by atomic mass is 9.78. The third-order valence-electron chi connectivity index (χ3n) is 4.21. The minimum absolute atomic E-state index is 0.139. The summed E-state index contributed by atoms with van der Waals surface area (Å²) in [6.07, 6.45) is 3.99. The molecule has 0 saturated carbocycles. The van der Waals surface area contributed by atoms with Crippen LogP contribution in [0, 0.1) is 11.2 Å². The Balaban J connectivity index is 2.07. The van der Waals surface area contributed by atoms with Crippen molar-refractivity contribution in [2.24, 2.45) is 5.41 Å². The lowest BCUT2D eigenvalue weighted by Crippen LogP contribution is -2.29. The average molecular weight is 271 g/mol. The van der Waals surface area contributed by atoms with Gasteiger partial charge in [-0.2, -0.15) is 0 Å². The first-order valence-electron chi connectivity index (χ1n) is 6.63. The van der Waals surface area contributed by atoms with Gasteiger partial charge in [0.15, 0.2) is 0 Å². The summed E-state index contributed by atoms with van der Waals surface area (Å²) in [6, 6.07) is 4.76. The highest BCUT2D eigenvalue weighted by Gasteiger charge is 2.33. The van der Waals surface area contributed by atoms with Gasteiger partial charge in [-0.1, -0.05) is 13.8 Å². The van der Waals surface area contributed by atoms with Crippen molar-refractivity contribution >= 4 is 11.6 Å². The summed E-state index contributed by atoms with van der Waals surface area (Å²) in [7, 11) is 0. The molecule has 0 radical (unpaired) electrons. The fourth-order valence-corrected chi connectivity index (χ4v) is 3.16. The Hall–Kier alpha value is -0.760. The largest absolute Gasteiger partial charge is 0.490 e. The monoisotopic (exact) mass is 270 g/mol. The van der Waals surface area contributed by atoms with Gasteiger partial charge in [-0.05, 0) is 42.9 Å². The van der Waals surface area contributed by atoms with Gasteiger partial charge in [0, 0.05) is 17.9 Å². The molecule has 1 aliphatic heterocycles. The third kappa shape index (κ3) is 2.64. The van der Waals surface area contributed by atoms with E-state index in [1.165, 1.54) is 6.07 Å². The molecule has 1 unspecified atom stereocenters. The number of hydrogen-bond acceptors (Lipinski definition) is 1. The number of alkyl halides is 1. The molecule has 1 heterocycles. The molecule has 3 heteroatoms. The van der Waals surface area contributed by atoms with Crippen molar-refractivity contribution in [1.29, 1.82) is 0 Å². The Morgan fingerprint density at radius 3 is 2.72 bits per heavy atom. The standard InChI is InChI=1S/C15H20ClFO/c1-3-15(4-2,10-16)9-13-8-11-7-12(17)5-6-14(11)18-13/h5-7,13H,3-4,8-10H2,1-2H3. The lowest BCUT2D eigenvalue weighted by Gasteiger charge is -2.31. The van der Waals surface area contributed by atoms with Gasteiger partial charge in [0.2, 0.25) is 0 Å². The van der Waals surface area contributed by atoms with Gasteiger partial charge in [-0.15, -0.1) is 11.6 Å². The summed E-state index contributed by atoms with van der Waals surface area (Å²) in [5, 5.41) is 0. The van der Waals surface area contributed by atoms with Crippen LogP contribution >= 0.6 is 11.6 Å². The van der Waals surface area contributed by atoms with Crippen molar-refractivity contribution in [3.63, 3.8) is 0 Å². The van der Waals surface area contributed by atoms with Crippen molar-refractivity contribution in [2.75, 3.05) is 5.88 Å². The van der Waals surface area contributed by atoms with E-state index in [1.54, 1.807) is 12.1 Å². The summed E-state index contributed by atoms with van der Waals surface area (Å²) in [6.45, 7) is 4.35. The van der Waals surface area contributed by atoms with Crippen LogP contribution in [0.1, 0.15) is 38.7 Å². The number of benzene rings is 1. The zero-order valence-electron chi connectivity index (χ0n) is 11.0. The number of ether oxygens (including phenoxy) is 1. The van der Waals surface area contributed by atoms with Crippen LogP contribution in [0.2, 0.25) is 0 Å². The molecule has 0 aromatic heterocycles. The first kappa shape index (κ1) is 13.7. The normalized spacial score (nSPS) is 18.6. The Morgan fingerprint density at radius 1 is 1.39 bits per heavy atom. The fourth-order valence-electron chi connectivity index (χ4n) is 2.67. The molecule has 1 aromatic rings. The van der Waals surface area contributed by atoms with E-state index < -0.39 is 0 Å². The highest BCUT2D eigenvalue weighted by Crippen LogP contribution is 2.39. The van der Waals surface area contributed by atoms with Gasteiger partial charge in [-0.3, -0.25) is 0 Å². The number of halogens is 2. The van der Waals surface area contributed by atoms with E-state index >= 15 is 0 Å². The first-order chi connectivity index (χ1) is 8.62. The number of hydrogen-bond donors (Lipinski definition) is 0. The van der Waals surface area contributed by atoms with E-state index in [1.807, 2.05) is 0 Å². The molecule has 100 valence electrons. The molecule has 0 amide bonds. The molecule has 0 aliphatic carbocycles. The van der Waals surface area contributed by atoms with E-state index in [4.69, 9.17) is 16.3 Å². The molecule has 0 saturated heterocycles. The van der Waals surface area contributed by atoms with E-state index in [2.05, 4.69) is 13.8 Å². The second-order valence-corrected chi connectivity index (χ2v) is 5.51. The Kier molecular flexibility index (Phi) is 4.16. The Labute approximate surface area is 113 Å². The Morgan fingerprint density at radius 2 is 2.11 bits per heavy atom. The van der Waals surface area contributed by atoms with Crippen LogP contribution in [0.15, 0.2) is 18.2 Å². The molecule has 0 spiro atoms. The van der Waals surface area contributed by atoms with Crippen LogP contribution in [0.4, 0.5) is 4.39 Å². The van der Waals surface area contributed by atoms with Crippen LogP contribution in [0.3, 0.4) is 0 Å². The van der Waals surface area contributed by atoms with E-state index in [-0.39, 0.29) is 17.3 Å². The highest BCUT2D eigenvalue weighted by atomic mass is 35.5. The maximum absolute atomic E-state index is 13.1. The third-order valence-corrected chi connectivity index (χ3v) is 4.77. The van der Waals surface area contributed by atoms with Crippen LogP contribution in [0.25, 0.3) is 0 Å². The predicted octanol–water partition coefficient (Wildman–Crippen LogP) is 4.56. The van der Waals surface area contributed by atoms with Gasteiger partial charge < -0.3 is 4.74 Å². The van der Waals surface area contributed by atoms with Crippen LogP contribution in [-0.2, 0) is 6.42 Å². The molecule has 1 atom stereocenters. The van der Waals surface area contributed by atoms with E-state index in [0.717, 1.165) is 37.0 Å². The highest BCUT2D eigenvalue weighted by molar-refractivity contribution is 6.18. The molecular weight excluding hydrogens is 251 g/mol. The van der Waals surface area contributed by atoms with Crippen LogP contribution in [0.5, 0.6) is 5.75 Å². The fraction of sp³-hybridized carbons (Fsp3) is 0.600. The molecular formula is C15H20ClFO. The summed E-state index contributed by atoms with van der Waals surface area (Å²) < 4.78 is 19.0. The SMILES string of the molecule is CCC(CC)(CCl)CC1Cc2cc(F)ccc2O1. The van der Waals surface area contributed by atoms with Gasteiger partial charge in [0.25, 0.3) is 0 Å². The summed E-state index contributed by atoms with van der Waals surface area (Å²) >= 11 is 6.12. The van der Waals surface area contributed by atoms with Gasteiger partial charge in [-0.25, -0.2) is 4.39 Å². The maximum Gasteiger partial charge on any atom is 0.123 e. The number of rotatable bonds is 5. The van der Waals surface area contributed by atoms with Crippen molar-refractivity contribution in [3.8, 4) is 5.75 Å². The topological polar surface area (TPSA) is 9.23 Å². The van der Waals surface area contributed by atoms with Crippen LogP contribution in [-0.4, -0.2) is 12.0 Å². The summed E-state index contributed by atoms with van der Waals surface area (Å²) in [5.74, 6) is 1.30. The smallest absolute Gasteiger partial charge is 0.123 e. The van der Waals surface area contributed by atoms with Crippen molar-refractivity contribution < 1.29 is 9.13 Å². The molecule has 0 fully saturated rings. The van der Waals surface area contributed by atoms with Crippen molar-refractivity contribution in [2.45, 2.75) is 45.6 Å². The van der Waals surface area contributed by atoms with Gasteiger partial charge >= 0.3 is 0 Å². The quantitative estimate of drug-likeness (QED) is 0.713. The lowest BCUT2D eigenvalue weighted by molar-refractivity contribution is 0.140. The van der Waals surface area contributed by atoms with Crippen LogP contribution < -0.4 is 4.74 Å². The van der Waals surface area contributed by atoms with Crippen molar-refractivity contribution in [3.05, 3.63) is 29.6 Å². The van der Waals surface area contributed by atoms with E-state index in [0.29, 0.717) is 5.88 Å². The molecule has 0 N–H and O–H groups in total.